The van der Waals surface area contributed by atoms with Gasteiger partial charge in [-0.2, -0.15) is 0 Å². The van der Waals surface area contributed by atoms with Crippen molar-refractivity contribution in [2.45, 2.75) is 19.0 Å². The van der Waals surface area contributed by atoms with Crippen molar-refractivity contribution in [3.63, 3.8) is 0 Å². The number of benzene rings is 2. The van der Waals surface area contributed by atoms with E-state index in [1.807, 2.05) is 53.4 Å². The van der Waals surface area contributed by atoms with Crippen LogP contribution in [0.2, 0.25) is 0 Å². The second-order valence-corrected chi connectivity index (χ2v) is 8.62. The molecule has 26 heavy (non-hydrogen) atoms. The Kier molecular flexibility index (Phi) is 6.06. The quantitative estimate of drug-likeness (QED) is 0.774. The molecular formula is C20H22N2O2S2. The summed E-state index contributed by atoms with van der Waals surface area (Å²) in [6, 6.07) is 19.9. The molecule has 2 aromatic carbocycles. The number of sulfone groups is 1. The van der Waals surface area contributed by atoms with E-state index in [-0.39, 0.29) is 11.8 Å². The van der Waals surface area contributed by atoms with Gasteiger partial charge in [-0.25, -0.2) is 8.42 Å². The summed E-state index contributed by atoms with van der Waals surface area (Å²) in [6.45, 7) is 1.28. The molecule has 136 valence electrons. The van der Waals surface area contributed by atoms with E-state index in [4.69, 9.17) is 12.2 Å². The zero-order valence-corrected chi connectivity index (χ0v) is 16.0. The lowest BCUT2D eigenvalue weighted by Crippen LogP contribution is -2.46. The Morgan fingerprint density at radius 3 is 2.23 bits per heavy atom. The molecule has 0 aromatic heterocycles. The lowest BCUT2D eigenvalue weighted by molar-refractivity contribution is 0.368. The molecule has 0 spiro atoms. The van der Waals surface area contributed by atoms with Gasteiger partial charge in [-0.1, -0.05) is 60.7 Å². The second kappa shape index (κ2) is 8.47. The maximum absolute atomic E-state index is 11.8. The molecule has 1 aliphatic rings. The van der Waals surface area contributed by atoms with E-state index in [0.717, 1.165) is 12.0 Å². The molecule has 0 unspecified atom stereocenters. The van der Waals surface area contributed by atoms with Gasteiger partial charge in [0.15, 0.2) is 14.9 Å². The van der Waals surface area contributed by atoms with Crippen LogP contribution >= 0.6 is 12.2 Å². The molecule has 0 radical (unpaired) electrons. The van der Waals surface area contributed by atoms with Crippen LogP contribution in [-0.4, -0.2) is 36.8 Å². The molecule has 0 saturated carbocycles. The van der Waals surface area contributed by atoms with E-state index in [1.165, 1.54) is 11.0 Å². The highest BCUT2D eigenvalue weighted by Gasteiger charge is 2.28. The average Bonchev–Trinajstić information content (AvgIpc) is 3.01. The summed E-state index contributed by atoms with van der Waals surface area (Å²) in [5.74, 6) is 0.0698. The van der Waals surface area contributed by atoms with Crippen LogP contribution in [0.15, 0.2) is 72.1 Å². The SMILES string of the molecule is O=S1(=O)C=C[C@H](N(Cc2ccccc2)C(=S)NCCc2ccccc2)C1. The third-order valence-corrected chi connectivity index (χ3v) is 6.06. The first-order valence-electron chi connectivity index (χ1n) is 8.57. The van der Waals surface area contributed by atoms with Crippen molar-refractivity contribution in [1.82, 2.24) is 10.2 Å². The summed E-state index contributed by atoms with van der Waals surface area (Å²) in [4.78, 5) is 1.96. The number of rotatable bonds is 6. The molecule has 0 saturated heterocycles. The summed E-state index contributed by atoms with van der Waals surface area (Å²) in [5, 5.41) is 5.16. The summed E-state index contributed by atoms with van der Waals surface area (Å²) < 4.78 is 23.7. The van der Waals surface area contributed by atoms with Gasteiger partial charge in [0, 0.05) is 18.5 Å². The summed E-state index contributed by atoms with van der Waals surface area (Å²) in [6.07, 6.45) is 2.59. The Balaban J connectivity index is 1.66. The third-order valence-electron chi connectivity index (χ3n) is 4.30. The van der Waals surface area contributed by atoms with Crippen LogP contribution < -0.4 is 5.32 Å². The molecule has 1 atom stereocenters. The predicted octanol–water partition coefficient (Wildman–Crippen LogP) is 2.92. The maximum atomic E-state index is 11.8. The molecular weight excluding hydrogens is 364 g/mol. The van der Waals surface area contributed by atoms with E-state index < -0.39 is 9.84 Å². The maximum Gasteiger partial charge on any atom is 0.173 e. The Morgan fingerprint density at radius 2 is 1.65 bits per heavy atom. The van der Waals surface area contributed by atoms with Crippen molar-refractivity contribution >= 4 is 27.2 Å². The number of nitrogens with one attached hydrogen (secondary N) is 1. The van der Waals surface area contributed by atoms with Gasteiger partial charge in [-0.3, -0.25) is 0 Å². The van der Waals surface area contributed by atoms with Crippen molar-refractivity contribution < 1.29 is 8.42 Å². The van der Waals surface area contributed by atoms with Crippen LogP contribution in [0.5, 0.6) is 0 Å². The van der Waals surface area contributed by atoms with Gasteiger partial charge in [0.1, 0.15) is 0 Å². The Labute approximate surface area is 160 Å². The molecule has 0 fully saturated rings. The molecule has 1 aliphatic heterocycles. The van der Waals surface area contributed by atoms with Gasteiger partial charge in [0.25, 0.3) is 0 Å². The standard InChI is InChI=1S/C20H22N2O2S2/c23-26(24)14-12-19(16-26)22(15-18-9-5-2-6-10-18)20(25)21-13-11-17-7-3-1-4-8-17/h1-10,12,14,19H,11,13,15-16H2,(H,21,25)/t19-/m0/s1. The lowest BCUT2D eigenvalue weighted by Gasteiger charge is -2.30. The van der Waals surface area contributed by atoms with E-state index in [1.54, 1.807) is 6.08 Å². The minimum absolute atomic E-state index is 0.0698. The van der Waals surface area contributed by atoms with Crippen LogP contribution in [0.4, 0.5) is 0 Å². The summed E-state index contributed by atoms with van der Waals surface area (Å²) >= 11 is 5.59. The molecule has 1 N–H and O–H groups in total. The van der Waals surface area contributed by atoms with Gasteiger partial charge in [-0.05, 0) is 35.8 Å². The molecule has 1 heterocycles. The zero-order valence-electron chi connectivity index (χ0n) is 14.4. The first-order chi connectivity index (χ1) is 12.5. The molecule has 3 rings (SSSR count). The highest BCUT2D eigenvalue weighted by molar-refractivity contribution is 7.94. The molecule has 4 nitrogen and oxygen atoms in total. The normalized spacial score (nSPS) is 17.8. The van der Waals surface area contributed by atoms with Gasteiger partial charge in [0.05, 0.1) is 11.8 Å². The van der Waals surface area contributed by atoms with Crippen molar-refractivity contribution in [2.75, 3.05) is 12.3 Å². The van der Waals surface area contributed by atoms with Crippen molar-refractivity contribution in [1.29, 1.82) is 0 Å². The molecule has 0 bridgehead atoms. The van der Waals surface area contributed by atoms with E-state index in [0.29, 0.717) is 18.2 Å². The highest BCUT2D eigenvalue weighted by Crippen LogP contribution is 2.18. The fraction of sp³-hybridized carbons (Fsp3) is 0.250. The minimum Gasteiger partial charge on any atom is -0.362 e. The van der Waals surface area contributed by atoms with E-state index in [2.05, 4.69) is 17.4 Å². The van der Waals surface area contributed by atoms with E-state index in [9.17, 15) is 8.42 Å². The first-order valence-corrected chi connectivity index (χ1v) is 10.7. The molecule has 0 aliphatic carbocycles. The van der Waals surface area contributed by atoms with Gasteiger partial charge < -0.3 is 10.2 Å². The number of nitrogens with zero attached hydrogens (tertiary/aromatic N) is 1. The smallest absolute Gasteiger partial charge is 0.173 e. The van der Waals surface area contributed by atoms with E-state index >= 15 is 0 Å². The molecule has 6 heteroatoms. The number of hydrogen-bond acceptors (Lipinski definition) is 3. The largest absolute Gasteiger partial charge is 0.362 e. The van der Waals surface area contributed by atoms with Crippen molar-refractivity contribution in [2.24, 2.45) is 0 Å². The fourth-order valence-electron chi connectivity index (χ4n) is 2.93. The predicted molar refractivity (Wildman–Crippen MR) is 109 cm³/mol. The average molecular weight is 387 g/mol. The van der Waals surface area contributed by atoms with Crippen LogP contribution in [0.25, 0.3) is 0 Å². The first kappa shape index (κ1) is 18.6. The fourth-order valence-corrected chi connectivity index (χ4v) is 4.53. The zero-order chi connectivity index (χ0) is 18.4. The molecule has 2 aromatic rings. The van der Waals surface area contributed by atoms with Crippen molar-refractivity contribution in [3.8, 4) is 0 Å². The third kappa shape index (κ3) is 5.16. The minimum atomic E-state index is -3.14. The Bertz CT molecular complexity index is 865. The number of thiocarbonyl (C=S) groups is 1. The van der Waals surface area contributed by atoms with Gasteiger partial charge in [-0.15, -0.1) is 0 Å². The van der Waals surface area contributed by atoms with Crippen LogP contribution in [0, 0.1) is 0 Å². The molecule has 0 amide bonds. The van der Waals surface area contributed by atoms with Gasteiger partial charge in [0.2, 0.25) is 0 Å². The topological polar surface area (TPSA) is 49.4 Å². The van der Waals surface area contributed by atoms with Crippen LogP contribution in [0.1, 0.15) is 11.1 Å². The van der Waals surface area contributed by atoms with Crippen molar-refractivity contribution in [3.05, 3.63) is 83.3 Å². The Morgan fingerprint density at radius 1 is 1.04 bits per heavy atom. The monoisotopic (exact) mass is 386 g/mol. The van der Waals surface area contributed by atoms with Crippen LogP contribution in [0.3, 0.4) is 0 Å². The highest BCUT2D eigenvalue weighted by atomic mass is 32.2. The van der Waals surface area contributed by atoms with Gasteiger partial charge >= 0.3 is 0 Å². The summed E-state index contributed by atoms with van der Waals surface area (Å²) in [5.41, 5.74) is 2.33. The Hall–Kier alpha value is -2.18. The second-order valence-electron chi connectivity index (χ2n) is 6.31. The lowest BCUT2D eigenvalue weighted by atomic mass is 10.1. The summed E-state index contributed by atoms with van der Waals surface area (Å²) in [7, 11) is -3.14. The van der Waals surface area contributed by atoms with Crippen LogP contribution in [-0.2, 0) is 22.8 Å². The number of hydrogen-bond donors (Lipinski definition) is 1.